The summed E-state index contributed by atoms with van der Waals surface area (Å²) in [4.78, 5) is 10.9. The zero-order valence-electron chi connectivity index (χ0n) is 9.49. The molecule has 16 heavy (non-hydrogen) atoms. The molecule has 1 aliphatic rings. The van der Waals surface area contributed by atoms with Crippen molar-refractivity contribution in [2.45, 2.75) is 38.6 Å². The number of hydrogen-bond acceptors (Lipinski definition) is 2. The predicted octanol–water partition coefficient (Wildman–Crippen LogP) is 2.45. The van der Waals surface area contributed by atoms with Crippen LogP contribution in [0.5, 0.6) is 0 Å². The summed E-state index contributed by atoms with van der Waals surface area (Å²) in [6.45, 7) is 2.17. The van der Waals surface area contributed by atoms with Crippen LogP contribution in [0.1, 0.15) is 30.9 Å². The largest absolute Gasteiger partial charge is 0.480 e. The monoisotopic (exact) mass is 219 g/mol. The van der Waals surface area contributed by atoms with Gasteiger partial charge in [-0.15, -0.1) is 0 Å². The Bertz CT molecular complexity index is 401. The van der Waals surface area contributed by atoms with Crippen molar-refractivity contribution in [3.63, 3.8) is 0 Å². The summed E-state index contributed by atoms with van der Waals surface area (Å²) in [5.74, 6) is -0.766. The molecule has 3 nitrogen and oxygen atoms in total. The molecule has 1 atom stereocenters. The van der Waals surface area contributed by atoms with Crippen LogP contribution in [0.15, 0.2) is 18.2 Å². The molecule has 1 aromatic rings. The van der Waals surface area contributed by atoms with Crippen molar-refractivity contribution in [2.24, 2.45) is 0 Å². The second-order valence-corrected chi connectivity index (χ2v) is 4.29. The van der Waals surface area contributed by atoms with E-state index in [1.807, 2.05) is 12.1 Å². The van der Waals surface area contributed by atoms with Crippen LogP contribution in [0, 0.1) is 0 Å². The minimum atomic E-state index is -0.766. The third-order valence-electron chi connectivity index (χ3n) is 3.11. The summed E-state index contributed by atoms with van der Waals surface area (Å²) in [5, 5.41) is 12.0. The Morgan fingerprint density at radius 3 is 3.06 bits per heavy atom. The van der Waals surface area contributed by atoms with Crippen LogP contribution in [-0.2, 0) is 17.6 Å². The highest BCUT2D eigenvalue weighted by Crippen LogP contribution is 2.29. The van der Waals surface area contributed by atoms with E-state index in [9.17, 15) is 4.79 Å². The first-order valence-corrected chi connectivity index (χ1v) is 5.82. The van der Waals surface area contributed by atoms with Gasteiger partial charge in [-0.2, -0.15) is 0 Å². The molecule has 0 spiro atoms. The van der Waals surface area contributed by atoms with Crippen molar-refractivity contribution in [2.75, 3.05) is 5.32 Å². The lowest BCUT2D eigenvalue weighted by atomic mass is 9.99. The molecule has 1 heterocycles. The number of rotatable bonds is 4. The number of aliphatic carboxylic acids is 1. The predicted molar refractivity (Wildman–Crippen MR) is 63.8 cm³/mol. The van der Waals surface area contributed by atoms with Gasteiger partial charge in [-0.3, -0.25) is 0 Å². The lowest BCUT2D eigenvalue weighted by Crippen LogP contribution is -2.26. The third kappa shape index (κ3) is 2.03. The number of aryl methyl sites for hydroxylation is 1. The van der Waals surface area contributed by atoms with Gasteiger partial charge in [-0.05, 0) is 30.0 Å². The van der Waals surface area contributed by atoms with Crippen molar-refractivity contribution in [3.8, 4) is 0 Å². The average Bonchev–Trinajstić information content (AvgIpc) is 2.70. The fourth-order valence-corrected chi connectivity index (χ4v) is 2.20. The first-order valence-electron chi connectivity index (χ1n) is 5.82. The van der Waals surface area contributed by atoms with Crippen molar-refractivity contribution < 1.29 is 9.90 Å². The number of unbranched alkanes of at least 4 members (excludes halogenated alkanes) is 1. The van der Waals surface area contributed by atoms with Gasteiger partial charge < -0.3 is 10.4 Å². The standard InChI is InChI=1S/C13H17NO2/c1-2-3-5-9-6-4-7-11-10(9)8-12(14-11)13(15)16/h4,6-7,12,14H,2-3,5,8H2,1H3,(H,15,16). The molecule has 0 fully saturated rings. The number of carboxylic acids is 1. The number of fused-ring (bicyclic) bond motifs is 1. The third-order valence-corrected chi connectivity index (χ3v) is 3.11. The molecule has 2 N–H and O–H groups in total. The van der Waals surface area contributed by atoms with E-state index in [4.69, 9.17) is 5.11 Å². The number of nitrogens with one attached hydrogen (secondary N) is 1. The lowest BCUT2D eigenvalue weighted by Gasteiger charge is -2.06. The zero-order valence-corrected chi connectivity index (χ0v) is 9.49. The van der Waals surface area contributed by atoms with Gasteiger partial charge in [-0.1, -0.05) is 25.5 Å². The van der Waals surface area contributed by atoms with Crippen LogP contribution in [0.2, 0.25) is 0 Å². The summed E-state index contributed by atoms with van der Waals surface area (Å²) in [6, 6.07) is 5.63. The van der Waals surface area contributed by atoms with Gasteiger partial charge in [0.25, 0.3) is 0 Å². The van der Waals surface area contributed by atoms with Crippen molar-refractivity contribution in [1.82, 2.24) is 0 Å². The molecule has 2 rings (SSSR count). The molecular weight excluding hydrogens is 202 g/mol. The van der Waals surface area contributed by atoms with Crippen LogP contribution in [0.3, 0.4) is 0 Å². The van der Waals surface area contributed by atoms with Crippen molar-refractivity contribution in [3.05, 3.63) is 29.3 Å². The number of benzene rings is 1. The van der Waals surface area contributed by atoms with Gasteiger partial charge in [0, 0.05) is 12.1 Å². The molecular formula is C13H17NO2. The molecule has 0 amide bonds. The van der Waals surface area contributed by atoms with Crippen molar-refractivity contribution >= 4 is 11.7 Å². The summed E-state index contributed by atoms with van der Waals surface area (Å²) in [6.07, 6.45) is 3.99. The van der Waals surface area contributed by atoms with E-state index in [1.54, 1.807) is 0 Å². The van der Waals surface area contributed by atoms with Crippen LogP contribution in [-0.4, -0.2) is 17.1 Å². The van der Waals surface area contributed by atoms with Gasteiger partial charge >= 0.3 is 5.97 Å². The first kappa shape index (κ1) is 11.0. The normalized spacial score (nSPS) is 17.9. The van der Waals surface area contributed by atoms with Gasteiger partial charge in [0.2, 0.25) is 0 Å². The Morgan fingerprint density at radius 2 is 2.38 bits per heavy atom. The van der Waals surface area contributed by atoms with Crippen molar-refractivity contribution in [1.29, 1.82) is 0 Å². The molecule has 86 valence electrons. The maximum Gasteiger partial charge on any atom is 0.326 e. The first-order chi connectivity index (χ1) is 7.72. The quantitative estimate of drug-likeness (QED) is 0.817. The SMILES string of the molecule is CCCCc1cccc2c1CC(C(=O)O)N2. The van der Waals surface area contributed by atoms with Crippen LogP contribution in [0.4, 0.5) is 5.69 Å². The molecule has 0 radical (unpaired) electrons. The molecule has 0 aliphatic carbocycles. The van der Waals surface area contributed by atoms with E-state index in [1.165, 1.54) is 17.5 Å². The number of anilines is 1. The molecule has 0 aromatic heterocycles. The van der Waals surface area contributed by atoms with Crippen LogP contribution >= 0.6 is 0 Å². The van der Waals surface area contributed by atoms with Crippen LogP contribution < -0.4 is 5.32 Å². The van der Waals surface area contributed by atoms with E-state index < -0.39 is 12.0 Å². The highest BCUT2D eigenvalue weighted by molar-refractivity contribution is 5.81. The number of hydrogen-bond donors (Lipinski definition) is 2. The highest BCUT2D eigenvalue weighted by Gasteiger charge is 2.27. The maximum atomic E-state index is 10.9. The maximum absolute atomic E-state index is 10.9. The minimum absolute atomic E-state index is 0.447. The molecule has 3 heteroatoms. The van der Waals surface area contributed by atoms with Gasteiger partial charge in [-0.25, -0.2) is 4.79 Å². The minimum Gasteiger partial charge on any atom is -0.480 e. The summed E-state index contributed by atoms with van der Waals surface area (Å²) in [7, 11) is 0. The average molecular weight is 219 g/mol. The lowest BCUT2D eigenvalue weighted by molar-refractivity contribution is -0.137. The second-order valence-electron chi connectivity index (χ2n) is 4.29. The molecule has 0 saturated heterocycles. The Balaban J connectivity index is 2.20. The zero-order chi connectivity index (χ0) is 11.5. The Labute approximate surface area is 95.5 Å². The summed E-state index contributed by atoms with van der Waals surface area (Å²) >= 11 is 0. The molecule has 1 aliphatic heterocycles. The summed E-state index contributed by atoms with van der Waals surface area (Å²) < 4.78 is 0. The van der Waals surface area contributed by atoms with Gasteiger partial charge in [0.1, 0.15) is 6.04 Å². The van der Waals surface area contributed by atoms with E-state index in [-0.39, 0.29) is 0 Å². The smallest absolute Gasteiger partial charge is 0.326 e. The number of carboxylic acid groups (broad SMARTS) is 1. The highest BCUT2D eigenvalue weighted by atomic mass is 16.4. The Kier molecular flexibility index (Phi) is 3.13. The fraction of sp³-hybridized carbons (Fsp3) is 0.462. The molecule has 1 aromatic carbocycles. The Morgan fingerprint density at radius 1 is 1.56 bits per heavy atom. The van der Waals surface area contributed by atoms with E-state index in [0.29, 0.717) is 6.42 Å². The molecule has 1 unspecified atom stereocenters. The molecule has 0 bridgehead atoms. The van der Waals surface area contributed by atoms with E-state index >= 15 is 0 Å². The van der Waals surface area contributed by atoms with E-state index in [2.05, 4.69) is 18.3 Å². The second kappa shape index (κ2) is 4.56. The van der Waals surface area contributed by atoms with Crippen LogP contribution in [0.25, 0.3) is 0 Å². The van der Waals surface area contributed by atoms with E-state index in [0.717, 1.165) is 18.5 Å². The van der Waals surface area contributed by atoms with Gasteiger partial charge in [0.05, 0.1) is 0 Å². The summed E-state index contributed by atoms with van der Waals surface area (Å²) in [5.41, 5.74) is 3.50. The topological polar surface area (TPSA) is 49.3 Å². The fourth-order valence-electron chi connectivity index (χ4n) is 2.20. The molecule has 0 saturated carbocycles. The number of carbonyl (C=O) groups is 1. The van der Waals surface area contributed by atoms with Gasteiger partial charge in [0.15, 0.2) is 0 Å². The Hall–Kier alpha value is -1.51.